The van der Waals surface area contributed by atoms with Gasteiger partial charge in [-0.1, -0.05) is 55.1 Å². The third-order valence-electron chi connectivity index (χ3n) is 7.00. The van der Waals surface area contributed by atoms with Crippen LogP contribution in [0.1, 0.15) is 50.0 Å². The summed E-state index contributed by atoms with van der Waals surface area (Å²) in [4.78, 5) is 0. The summed E-state index contributed by atoms with van der Waals surface area (Å²) in [6, 6.07) is 15.2. The number of rotatable bonds is 9. The lowest BCUT2D eigenvalue weighted by Crippen LogP contribution is -2.13. The van der Waals surface area contributed by atoms with Gasteiger partial charge in [0.2, 0.25) is 5.82 Å². The zero-order valence-electron chi connectivity index (χ0n) is 19.9. The van der Waals surface area contributed by atoms with E-state index in [9.17, 15) is 8.78 Å². The second-order valence-electron chi connectivity index (χ2n) is 9.24. The van der Waals surface area contributed by atoms with Gasteiger partial charge >= 0.3 is 0 Å². The molecular formula is C31H31F3O. The van der Waals surface area contributed by atoms with Crippen LogP contribution in [-0.4, -0.2) is 6.61 Å². The Balaban J connectivity index is 1.48. The summed E-state index contributed by atoms with van der Waals surface area (Å²) in [6.45, 7) is 7.40. The molecule has 35 heavy (non-hydrogen) atoms. The summed E-state index contributed by atoms with van der Waals surface area (Å²) in [7, 11) is 0. The second-order valence-corrected chi connectivity index (χ2v) is 9.24. The van der Waals surface area contributed by atoms with E-state index in [-0.39, 0.29) is 23.7 Å². The summed E-state index contributed by atoms with van der Waals surface area (Å²) < 4.78 is 49.2. The fourth-order valence-corrected chi connectivity index (χ4v) is 5.00. The standard InChI is InChI=1S/C31H31F3O/c1-3-5-6-21-7-9-22(10-8-21)25-15-16-26(28(32)20-25)23-11-13-24(14-12-23)27-17-18-29(35-19-4-2)31(34)30(27)33/h3-4,11-18,20-22H,1-2,5-10,19H2. The van der Waals surface area contributed by atoms with E-state index in [1.54, 1.807) is 30.3 Å². The monoisotopic (exact) mass is 476 g/mol. The molecular weight excluding hydrogens is 445 g/mol. The molecule has 0 aliphatic heterocycles. The van der Waals surface area contributed by atoms with Gasteiger partial charge in [0.25, 0.3) is 0 Å². The lowest BCUT2D eigenvalue weighted by atomic mass is 9.77. The van der Waals surface area contributed by atoms with E-state index in [0.717, 1.165) is 30.7 Å². The molecule has 182 valence electrons. The lowest BCUT2D eigenvalue weighted by Gasteiger charge is -2.28. The van der Waals surface area contributed by atoms with Gasteiger partial charge < -0.3 is 4.74 Å². The van der Waals surface area contributed by atoms with Crippen LogP contribution < -0.4 is 4.74 Å². The first kappa shape index (κ1) is 24.8. The summed E-state index contributed by atoms with van der Waals surface area (Å²) in [5.41, 5.74) is 2.88. The highest BCUT2D eigenvalue weighted by molar-refractivity contribution is 5.71. The number of halogens is 3. The normalized spacial score (nSPS) is 17.7. The SMILES string of the molecule is C=CCCC1CCC(c2ccc(-c3ccc(-c4ccc(OCC=C)c(F)c4F)cc3)c(F)c2)CC1. The van der Waals surface area contributed by atoms with Crippen molar-refractivity contribution in [1.82, 2.24) is 0 Å². The number of hydrogen-bond acceptors (Lipinski definition) is 1. The minimum absolute atomic E-state index is 0.0890. The van der Waals surface area contributed by atoms with Crippen molar-refractivity contribution in [2.75, 3.05) is 6.61 Å². The number of allylic oxidation sites excluding steroid dienone is 1. The zero-order valence-corrected chi connectivity index (χ0v) is 19.9. The number of ether oxygens (including phenoxy) is 1. The molecule has 0 radical (unpaired) electrons. The molecule has 0 spiro atoms. The summed E-state index contributed by atoms with van der Waals surface area (Å²) >= 11 is 0. The van der Waals surface area contributed by atoms with Gasteiger partial charge in [0, 0.05) is 11.1 Å². The fraction of sp³-hybridized carbons (Fsp3) is 0.290. The Hall–Kier alpha value is -3.27. The van der Waals surface area contributed by atoms with Crippen LogP contribution in [0.4, 0.5) is 13.2 Å². The van der Waals surface area contributed by atoms with Crippen molar-refractivity contribution >= 4 is 0 Å². The maximum atomic E-state index is 15.1. The minimum atomic E-state index is -1.04. The maximum Gasteiger partial charge on any atom is 0.201 e. The average Bonchev–Trinajstić information content (AvgIpc) is 2.89. The van der Waals surface area contributed by atoms with Gasteiger partial charge in [-0.15, -0.1) is 6.58 Å². The van der Waals surface area contributed by atoms with Gasteiger partial charge in [-0.3, -0.25) is 0 Å². The summed E-state index contributed by atoms with van der Waals surface area (Å²) in [5.74, 6) is -1.28. The molecule has 0 atom stereocenters. The molecule has 3 aromatic rings. The van der Waals surface area contributed by atoms with Crippen molar-refractivity contribution in [3.8, 4) is 28.0 Å². The Morgan fingerprint density at radius 3 is 2.06 bits per heavy atom. The molecule has 0 saturated heterocycles. The van der Waals surface area contributed by atoms with Gasteiger partial charge in [0.1, 0.15) is 12.4 Å². The van der Waals surface area contributed by atoms with Crippen molar-refractivity contribution in [3.05, 3.63) is 103 Å². The largest absolute Gasteiger partial charge is 0.486 e. The molecule has 1 saturated carbocycles. The summed E-state index contributed by atoms with van der Waals surface area (Å²) in [6.07, 6.45) is 10.3. The Kier molecular flexibility index (Phi) is 8.12. The molecule has 3 aromatic carbocycles. The van der Waals surface area contributed by atoms with Gasteiger partial charge in [-0.25, -0.2) is 8.78 Å². The Labute approximate surface area is 206 Å². The van der Waals surface area contributed by atoms with Crippen LogP contribution in [0.15, 0.2) is 79.9 Å². The third kappa shape index (κ3) is 5.70. The van der Waals surface area contributed by atoms with E-state index in [0.29, 0.717) is 22.6 Å². The van der Waals surface area contributed by atoms with Crippen molar-refractivity contribution in [2.24, 2.45) is 5.92 Å². The first-order valence-corrected chi connectivity index (χ1v) is 12.2. The predicted octanol–water partition coefficient (Wildman–Crippen LogP) is 9.24. The van der Waals surface area contributed by atoms with E-state index in [1.165, 1.54) is 37.5 Å². The first-order chi connectivity index (χ1) is 17.0. The van der Waals surface area contributed by atoms with Crippen LogP contribution >= 0.6 is 0 Å². The van der Waals surface area contributed by atoms with Crippen LogP contribution in [0, 0.1) is 23.4 Å². The Bertz CT molecular complexity index is 1170. The second kappa shape index (κ2) is 11.4. The van der Waals surface area contributed by atoms with Crippen molar-refractivity contribution in [2.45, 2.75) is 44.4 Å². The molecule has 0 aromatic heterocycles. The zero-order chi connectivity index (χ0) is 24.8. The van der Waals surface area contributed by atoms with Gasteiger partial charge in [0.05, 0.1) is 0 Å². The molecule has 1 aliphatic rings. The van der Waals surface area contributed by atoms with Crippen molar-refractivity contribution in [1.29, 1.82) is 0 Å². The van der Waals surface area contributed by atoms with E-state index < -0.39 is 11.6 Å². The molecule has 1 aliphatic carbocycles. The van der Waals surface area contributed by atoms with Crippen LogP contribution in [0.25, 0.3) is 22.3 Å². The molecule has 1 nitrogen and oxygen atoms in total. The average molecular weight is 477 g/mol. The molecule has 0 unspecified atom stereocenters. The molecule has 1 fully saturated rings. The lowest BCUT2D eigenvalue weighted by molar-refractivity contribution is 0.311. The van der Waals surface area contributed by atoms with Crippen LogP contribution in [0.5, 0.6) is 5.75 Å². The fourth-order valence-electron chi connectivity index (χ4n) is 5.00. The smallest absolute Gasteiger partial charge is 0.201 e. The molecule has 0 heterocycles. The maximum absolute atomic E-state index is 15.1. The van der Waals surface area contributed by atoms with Crippen LogP contribution in [0.2, 0.25) is 0 Å². The van der Waals surface area contributed by atoms with Gasteiger partial charge in [0.15, 0.2) is 11.6 Å². The van der Waals surface area contributed by atoms with Gasteiger partial charge in [-0.05, 0) is 85.3 Å². The van der Waals surface area contributed by atoms with Crippen molar-refractivity contribution in [3.63, 3.8) is 0 Å². The molecule has 0 N–H and O–H groups in total. The van der Waals surface area contributed by atoms with E-state index in [1.807, 2.05) is 18.2 Å². The molecule has 4 rings (SSSR count). The third-order valence-corrected chi connectivity index (χ3v) is 7.00. The van der Waals surface area contributed by atoms with E-state index in [2.05, 4.69) is 13.2 Å². The Morgan fingerprint density at radius 1 is 0.771 bits per heavy atom. The Morgan fingerprint density at radius 2 is 1.43 bits per heavy atom. The highest BCUT2D eigenvalue weighted by Crippen LogP contribution is 2.39. The highest BCUT2D eigenvalue weighted by atomic mass is 19.2. The minimum Gasteiger partial charge on any atom is -0.486 e. The topological polar surface area (TPSA) is 9.23 Å². The van der Waals surface area contributed by atoms with Crippen LogP contribution in [-0.2, 0) is 0 Å². The molecule has 0 amide bonds. The highest BCUT2D eigenvalue weighted by Gasteiger charge is 2.23. The van der Waals surface area contributed by atoms with Gasteiger partial charge in [-0.2, -0.15) is 4.39 Å². The van der Waals surface area contributed by atoms with Crippen molar-refractivity contribution < 1.29 is 17.9 Å². The predicted molar refractivity (Wildman–Crippen MR) is 137 cm³/mol. The molecule has 0 bridgehead atoms. The first-order valence-electron chi connectivity index (χ1n) is 12.2. The number of hydrogen-bond donors (Lipinski definition) is 0. The van der Waals surface area contributed by atoms with E-state index >= 15 is 4.39 Å². The summed E-state index contributed by atoms with van der Waals surface area (Å²) in [5, 5.41) is 0. The number of benzene rings is 3. The molecule has 4 heteroatoms. The van der Waals surface area contributed by atoms with E-state index in [4.69, 9.17) is 4.74 Å². The van der Waals surface area contributed by atoms with Crippen LogP contribution in [0.3, 0.4) is 0 Å². The quantitative estimate of drug-likeness (QED) is 0.280.